The summed E-state index contributed by atoms with van der Waals surface area (Å²) in [5.41, 5.74) is 2.13. The number of ketones is 2. The second kappa shape index (κ2) is 21.7. The smallest absolute Gasteiger partial charge is 0.152 e. The van der Waals surface area contributed by atoms with Crippen LogP contribution >= 0.6 is 11.6 Å². The minimum Gasteiger partial charge on any atom is -0.388 e. The van der Waals surface area contributed by atoms with Crippen molar-refractivity contribution in [3.05, 3.63) is 71.8 Å². The number of rotatable bonds is 10. The highest BCUT2D eigenvalue weighted by atomic mass is 35.5. The Morgan fingerprint density at radius 3 is 1.00 bits per heavy atom. The largest absolute Gasteiger partial charge is 0.388 e. The van der Waals surface area contributed by atoms with Gasteiger partial charge in [-0.1, -0.05) is 102 Å². The number of carbonyl (C=O) groups excluding carboxylic acids is 2. The third-order valence-electron chi connectivity index (χ3n) is 7.27. The average Bonchev–Trinajstić information content (AvgIpc) is 2.93. The fourth-order valence-electron chi connectivity index (χ4n) is 3.94. The molecule has 0 aliphatic rings. The van der Waals surface area contributed by atoms with E-state index in [1.807, 2.05) is 53.7 Å². The third-order valence-corrected chi connectivity index (χ3v) is 7.27. The second-order valence-electron chi connectivity index (χ2n) is 15.4. The zero-order valence-electron chi connectivity index (χ0n) is 31.5. The monoisotopic (exact) mass is 646 g/mol. The van der Waals surface area contributed by atoms with Crippen molar-refractivity contribution in [2.45, 2.75) is 107 Å². The molecule has 0 atom stereocenters. The summed E-state index contributed by atoms with van der Waals surface area (Å²) in [6.07, 6.45) is 3.44. The van der Waals surface area contributed by atoms with Crippen molar-refractivity contribution in [2.75, 3.05) is 46.8 Å². The molecule has 0 bridgehead atoms. The normalized spacial score (nSPS) is 11.9. The van der Waals surface area contributed by atoms with Gasteiger partial charge in [-0.2, -0.15) is 0 Å². The summed E-state index contributed by atoms with van der Waals surface area (Å²) >= 11 is 4.64. The molecule has 0 N–H and O–H groups in total. The maximum Gasteiger partial charge on any atom is 0.152 e. The van der Waals surface area contributed by atoms with Gasteiger partial charge in [-0.25, -0.2) is 0 Å². The number of nitrogens with zero attached hydrogens (tertiary/aromatic N) is 2. The summed E-state index contributed by atoms with van der Waals surface area (Å²) in [5.74, 6) is 0.612. The Kier molecular flexibility index (Phi) is 21.7. The van der Waals surface area contributed by atoms with Gasteiger partial charge in [0.25, 0.3) is 0 Å². The summed E-state index contributed by atoms with van der Waals surface area (Å²) in [7, 11) is 3.25. The van der Waals surface area contributed by atoms with Crippen molar-refractivity contribution >= 4 is 23.2 Å². The molecule has 0 heterocycles. The van der Waals surface area contributed by atoms with Gasteiger partial charge in [0.05, 0.1) is 13.1 Å². The molecular formula is C39H67ClN2O3. The predicted octanol–water partition coefficient (Wildman–Crippen LogP) is 9.01. The molecule has 6 heteroatoms. The minimum absolute atomic E-state index is 0.00961. The van der Waals surface area contributed by atoms with Crippen LogP contribution in [0.5, 0.6) is 0 Å². The Balaban J connectivity index is 0. The lowest BCUT2D eigenvalue weighted by Crippen LogP contribution is -2.47. The first-order valence-electron chi connectivity index (χ1n) is 16.1. The molecule has 0 aliphatic carbocycles. The van der Waals surface area contributed by atoms with Crippen molar-refractivity contribution in [1.29, 1.82) is 0 Å². The second-order valence-corrected chi connectivity index (χ2v) is 15.4. The van der Waals surface area contributed by atoms with Crippen LogP contribution in [0.2, 0.25) is 0 Å². The molecule has 0 aliphatic heterocycles. The van der Waals surface area contributed by atoms with Crippen molar-refractivity contribution in [3.63, 3.8) is 0 Å². The molecule has 258 valence electrons. The Hall–Kier alpha value is -2.05. The van der Waals surface area contributed by atoms with E-state index < -0.39 is 0 Å². The maximum atomic E-state index is 12.3. The Morgan fingerprint density at radius 1 is 0.556 bits per heavy atom. The zero-order valence-corrected chi connectivity index (χ0v) is 32.3. The Bertz CT molecular complexity index is 959. The van der Waals surface area contributed by atoms with E-state index in [4.69, 9.17) is 0 Å². The van der Waals surface area contributed by atoms with E-state index in [0.717, 1.165) is 25.9 Å². The fourth-order valence-corrected chi connectivity index (χ4v) is 3.94. The van der Waals surface area contributed by atoms with Gasteiger partial charge >= 0.3 is 0 Å². The van der Waals surface area contributed by atoms with Crippen LogP contribution in [0.1, 0.15) is 94.2 Å². The van der Waals surface area contributed by atoms with Crippen LogP contribution in [0.25, 0.3) is 0 Å². The van der Waals surface area contributed by atoms with E-state index in [2.05, 4.69) is 116 Å². The van der Waals surface area contributed by atoms with E-state index >= 15 is 0 Å². The first kappa shape index (κ1) is 45.1. The van der Waals surface area contributed by atoms with Gasteiger partial charge in [-0.15, -0.1) is 11.6 Å². The minimum atomic E-state index is -0.268. The van der Waals surface area contributed by atoms with Gasteiger partial charge in [-0.05, 0) is 65.5 Å². The molecule has 45 heavy (non-hydrogen) atoms. The zero-order chi connectivity index (χ0) is 35.5. The van der Waals surface area contributed by atoms with Crippen LogP contribution in [0, 0.1) is 10.8 Å². The van der Waals surface area contributed by atoms with Crippen LogP contribution in [0.3, 0.4) is 0 Å². The first-order chi connectivity index (χ1) is 20.6. The van der Waals surface area contributed by atoms with E-state index in [1.165, 1.54) is 17.5 Å². The SMILES string of the molecule is CC(C)(C)C(=O)CN(CCc1ccccc1)C(C)(C)C.CC(C)(C)C(=O)CN(CCc1ccccc1)C(C)(C)C.CCl.COC. The highest BCUT2D eigenvalue weighted by Crippen LogP contribution is 2.21. The molecule has 0 fully saturated rings. The van der Waals surface area contributed by atoms with Crippen LogP contribution in [0.15, 0.2) is 60.7 Å². The first-order valence-corrected chi connectivity index (χ1v) is 16.8. The van der Waals surface area contributed by atoms with Gasteiger partial charge in [0.1, 0.15) is 0 Å². The number of benzene rings is 2. The van der Waals surface area contributed by atoms with Gasteiger partial charge in [0.15, 0.2) is 11.6 Å². The Labute approximate surface area is 283 Å². The molecule has 2 rings (SSSR count). The Morgan fingerprint density at radius 2 is 0.800 bits per heavy atom. The molecule has 0 saturated carbocycles. The number of halogens is 1. The van der Waals surface area contributed by atoms with Gasteiger partial charge < -0.3 is 4.74 Å². The van der Waals surface area contributed by atoms with Crippen molar-refractivity contribution in [3.8, 4) is 0 Å². The number of hydrogen-bond acceptors (Lipinski definition) is 5. The number of ether oxygens (including phenoxy) is 1. The standard InChI is InChI=1S/2C18H29NO.C2H6O.CH3Cl/c2*1-17(2,3)16(20)14-19(18(4,5)6)13-12-15-10-8-7-9-11-15;1-3-2;1-2/h2*7-11H,12-14H2,1-6H3;1-2H3;1H3. The van der Waals surface area contributed by atoms with E-state index in [0.29, 0.717) is 24.7 Å². The summed E-state index contributed by atoms with van der Waals surface area (Å²) < 4.78 is 4.25. The topological polar surface area (TPSA) is 49.9 Å². The van der Waals surface area contributed by atoms with Gasteiger partial charge in [-0.3, -0.25) is 19.4 Å². The van der Waals surface area contributed by atoms with Crippen LogP contribution in [-0.4, -0.2) is 79.2 Å². The van der Waals surface area contributed by atoms with Crippen LogP contribution in [0.4, 0.5) is 0 Å². The molecule has 0 aromatic heterocycles. The summed E-state index contributed by atoms with van der Waals surface area (Å²) in [4.78, 5) is 29.2. The molecule has 2 aromatic rings. The summed E-state index contributed by atoms with van der Waals surface area (Å²) in [6, 6.07) is 20.9. The highest BCUT2D eigenvalue weighted by molar-refractivity contribution is 6.15. The van der Waals surface area contributed by atoms with Gasteiger partial charge in [0, 0.05) is 55.6 Å². The number of methoxy groups -OCH3 is 1. The predicted molar refractivity (Wildman–Crippen MR) is 197 cm³/mol. The summed E-state index contributed by atoms with van der Waals surface area (Å²) in [5, 5.41) is 0. The van der Waals surface area contributed by atoms with Crippen LogP contribution in [-0.2, 0) is 27.2 Å². The molecule has 2 aromatic carbocycles. The van der Waals surface area contributed by atoms with E-state index in [1.54, 1.807) is 14.2 Å². The molecule has 0 radical (unpaired) electrons. The molecule has 0 amide bonds. The number of hydrogen-bond donors (Lipinski definition) is 0. The van der Waals surface area contributed by atoms with Crippen molar-refractivity contribution in [2.24, 2.45) is 10.8 Å². The molecular weight excluding hydrogens is 580 g/mol. The van der Waals surface area contributed by atoms with E-state index in [-0.39, 0.29) is 21.9 Å². The number of alkyl halides is 1. The molecule has 0 saturated heterocycles. The van der Waals surface area contributed by atoms with Crippen LogP contribution < -0.4 is 0 Å². The molecule has 0 unspecified atom stereocenters. The lowest BCUT2D eigenvalue weighted by atomic mass is 9.89. The average molecular weight is 647 g/mol. The lowest BCUT2D eigenvalue weighted by molar-refractivity contribution is -0.129. The highest BCUT2D eigenvalue weighted by Gasteiger charge is 2.29. The fraction of sp³-hybridized carbons (Fsp3) is 0.641. The quantitative estimate of drug-likeness (QED) is 0.241. The molecule has 0 spiro atoms. The lowest BCUT2D eigenvalue weighted by Gasteiger charge is -2.36. The summed E-state index contributed by atoms with van der Waals surface area (Å²) in [6.45, 7) is 27.9. The molecule has 5 nitrogen and oxygen atoms in total. The number of Topliss-reactive ketones (excluding diaryl/α,β-unsaturated/α-hetero) is 2. The number of carbonyl (C=O) groups is 2. The maximum absolute atomic E-state index is 12.3. The van der Waals surface area contributed by atoms with Crippen molar-refractivity contribution in [1.82, 2.24) is 9.80 Å². The third kappa shape index (κ3) is 21.4. The van der Waals surface area contributed by atoms with E-state index in [9.17, 15) is 9.59 Å². The van der Waals surface area contributed by atoms with Gasteiger partial charge in [0.2, 0.25) is 0 Å². The van der Waals surface area contributed by atoms with Crippen molar-refractivity contribution < 1.29 is 14.3 Å².